The monoisotopic (exact) mass is 185 g/mol. The first-order chi connectivity index (χ1) is 6.15. The van der Waals surface area contributed by atoms with Crippen LogP contribution in [-0.4, -0.2) is 30.2 Å². The van der Waals surface area contributed by atoms with Gasteiger partial charge in [-0.25, -0.2) is 4.39 Å². The Bertz CT molecular complexity index is 163. The fourth-order valence-electron chi connectivity index (χ4n) is 2.94. The number of fused-ring (bicyclic) bond motifs is 2. The smallest absolute Gasteiger partial charge is 0.101 e. The summed E-state index contributed by atoms with van der Waals surface area (Å²) in [6, 6.07) is 0.640. The van der Waals surface area contributed by atoms with E-state index >= 15 is 0 Å². The van der Waals surface area contributed by atoms with E-state index in [0.29, 0.717) is 17.9 Å². The van der Waals surface area contributed by atoms with Crippen molar-refractivity contribution < 1.29 is 4.39 Å². The molecule has 2 rings (SSSR count). The predicted octanol–water partition coefficient (Wildman–Crippen LogP) is 2.46. The van der Waals surface area contributed by atoms with Crippen LogP contribution in [0.4, 0.5) is 4.39 Å². The zero-order valence-electron chi connectivity index (χ0n) is 8.67. The van der Waals surface area contributed by atoms with Gasteiger partial charge >= 0.3 is 0 Å². The van der Waals surface area contributed by atoms with Gasteiger partial charge in [0.05, 0.1) is 0 Å². The highest BCUT2D eigenvalue weighted by molar-refractivity contribution is 4.87. The number of halogens is 1. The molecule has 1 saturated carbocycles. The van der Waals surface area contributed by atoms with Gasteiger partial charge in [0, 0.05) is 19.1 Å². The first kappa shape index (κ1) is 9.45. The summed E-state index contributed by atoms with van der Waals surface area (Å²) in [5.41, 5.74) is 0. The SMILES string of the molecule is CC(C)N1CC2CC(F)CC(C2)C1. The molecule has 1 aliphatic heterocycles. The van der Waals surface area contributed by atoms with E-state index < -0.39 is 6.17 Å². The molecule has 0 aromatic heterocycles. The van der Waals surface area contributed by atoms with Crippen LogP contribution in [0.15, 0.2) is 0 Å². The summed E-state index contributed by atoms with van der Waals surface area (Å²) in [7, 11) is 0. The van der Waals surface area contributed by atoms with Gasteiger partial charge in [-0.05, 0) is 44.9 Å². The number of hydrogen-bond donors (Lipinski definition) is 0. The molecule has 0 spiro atoms. The molecule has 2 unspecified atom stereocenters. The second-order valence-electron chi connectivity index (χ2n) is 5.08. The molecule has 2 heteroatoms. The standard InChI is InChI=1S/C11H20FN/c1-8(2)13-6-9-3-10(7-13)5-11(12)4-9/h8-11H,3-7H2,1-2H3. The van der Waals surface area contributed by atoms with Gasteiger partial charge in [-0.2, -0.15) is 0 Å². The average molecular weight is 185 g/mol. The molecule has 1 saturated heterocycles. The minimum Gasteiger partial charge on any atom is -0.300 e. The molecule has 2 bridgehead atoms. The molecule has 2 atom stereocenters. The first-order valence-corrected chi connectivity index (χ1v) is 5.53. The lowest BCUT2D eigenvalue weighted by molar-refractivity contribution is 0.0291. The minimum atomic E-state index is -0.502. The number of nitrogens with zero attached hydrogens (tertiary/aromatic N) is 1. The molecular formula is C11H20FN. The van der Waals surface area contributed by atoms with Crippen molar-refractivity contribution in [2.24, 2.45) is 11.8 Å². The minimum absolute atomic E-state index is 0.502. The van der Waals surface area contributed by atoms with Gasteiger partial charge in [0.1, 0.15) is 6.17 Å². The third kappa shape index (κ3) is 2.04. The molecule has 1 aliphatic carbocycles. The van der Waals surface area contributed by atoms with Crippen LogP contribution >= 0.6 is 0 Å². The van der Waals surface area contributed by atoms with E-state index in [9.17, 15) is 4.39 Å². The Morgan fingerprint density at radius 2 is 1.62 bits per heavy atom. The van der Waals surface area contributed by atoms with Crippen molar-refractivity contribution in [3.8, 4) is 0 Å². The molecular weight excluding hydrogens is 165 g/mol. The normalized spacial score (nSPS) is 41.1. The summed E-state index contributed by atoms with van der Waals surface area (Å²) < 4.78 is 13.2. The number of hydrogen-bond acceptors (Lipinski definition) is 1. The van der Waals surface area contributed by atoms with Gasteiger partial charge < -0.3 is 4.90 Å². The molecule has 0 N–H and O–H groups in total. The Hall–Kier alpha value is -0.110. The third-order valence-electron chi connectivity index (χ3n) is 3.56. The van der Waals surface area contributed by atoms with Crippen molar-refractivity contribution in [1.29, 1.82) is 0 Å². The van der Waals surface area contributed by atoms with Crippen molar-refractivity contribution in [2.75, 3.05) is 13.1 Å². The highest BCUT2D eigenvalue weighted by Gasteiger charge is 2.35. The number of piperidine rings is 1. The van der Waals surface area contributed by atoms with Crippen LogP contribution in [0.5, 0.6) is 0 Å². The number of alkyl halides is 1. The zero-order valence-corrected chi connectivity index (χ0v) is 8.67. The lowest BCUT2D eigenvalue weighted by Gasteiger charge is -2.44. The van der Waals surface area contributed by atoms with Crippen LogP contribution in [0.2, 0.25) is 0 Å². The lowest BCUT2D eigenvalue weighted by atomic mass is 9.76. The Kier molecular flexibility index (Phi) is 2.59. The van der Waals surface area contributed by atoms with Crippen molar-refractivity contribution in [2.45, 2.75) is 45.3 Å². The molecule has 1 nitrogen and oxygen atoms in total. The number of rotatable bonds is 1. The molecule has 13 heavy (non-hydrogen) atoms. The van der Waals surface area contributed by atoms with Crippen LogP contribution in [0.3, 0.4) is 0 Å². The van der Waals surface area contributed by atoms with Crippen molar-refractivity contribution in [1.82, 2.24) is 4.90 Å². The Labute approximate surface area is 80.3 Å². The van der Waals surface area contributed by atoms with Crippen LogP contribution in [0.25, 0.3) is 0 Å². The first-order valence-electron chi connectivity index (χ1n) is 5.53. The predicted molar refractivity (Wildman–Crippen MR) is 52.4 cm³/mol. The van der Waals surface area contributed by atoms with E-state index in [4.69, 9.17) is 0 Å². The summed E-state index contributed by atoms with van der Waals surface area (Å²) in [6.07, 6.45) is 2.42. The van der Waals surface area contributed by atoms with Gasteiger partial charge in [-0.15, -0.1) is 0 Å². The maximum Gasteiger partial charge on any atom is 0.101 e. The fraction of sp³-hybridized carbons (Fsp3) is 1.00. The number of likely N-dealkylation sites (tertiary alicyclic amines) is 1. The molecule has 0 aromatic rings. The maximum absolute atomic E-state index is 13.2. The van der Waals surface area contributed by atoms with Crippen molar-refractivity contribution in [3.05, 3.63) is 0 Å². The Morgan fingerprint density at radius 1 is 1.08 bits per heavy atom. The van der Waals surface area contributed by atoms with Crippen LogP contribution < -0.4 is 0 Å². The van der Waals surface area contributed by atoms with Gasteiger partial charge in [0.15, 0.2) is 0 Å². The van der Waals surface area contributed by atoms with E-state index in [1.54, 1.807) is 0 Å². The molecule has 0 radical (unpaired) electrons. The highest BCUT2D eigenvalue weighted by Crippen LogP contribution is 2.36. The topological polar surface area (TPSA) is 3.24 Å². The summed E-state index contributed by atoms with van der Waals surface area (Å²) in [5, 5.41) is 0. The molecule has 2 aliphatic rings. The third-order valence-corrected chi connectivity index (χ3v) is 3.56. The van der Waals surface area contributed by atoms with E-state index in [0.717, 1.165) is 25.9 Å². The Morgan fingerprint density at radius 3 is 2.08 bits per heavy atom. The fourth-order valence-corrected chi connectivity index (χ4v) is 2.94. The molecule has 0 amide bonds. The average Bonchev–Trinajstić information content (AvgIpc) is 2.01. The van der Waals surface area contributed by atoms with Gasteiger partial charge in [0.25, 0.3) is 0 Å². The Balaban J connectivity index is 1.97. The summed E-state index contributed by atoms with van der Waals surface area (Å²) in [6.45, 7) is 6.76. The maximum atomic E-state index is 13.2. The van der Waals surface area contributed by atoms with Crippen LogP contribution in [-0.2, 0) is 0 Å². The highest BCUT2D eigenvalue weighted by atomic mass is 19.1. The van der Waals surface area contributed by atoms with E-state index in [1.807, 2.05) is 0 Å². The molecule has 76 valence electrons. The van der Waals surface area contributed by atoms with E-state index in [-0.39, 0.29) is 0 Å². The van der Waals surface area contributed by atoms with Gasteiger partial charge in [0.2, 0.25) is 0 Å². The second kappa shape index (κ2) is 3.56. The van der Waals surface area contributed by atoms with Crippen molar-refractivity contribution in [3.63, 3.8) is 0 Å². The largest absolute Gasteiger partial charge is 0.300 e. The lowest BCUT2D eigenvalue weighted by Crippen LogP contribution is -2.47. The van der Waals surface area contributed by atoms with Crippen molar-refractivity contribution >= 4 is 0 Å². The van der Waals surface area contributed by atoms with E-state index in [1.165, 1.54) is 6.42 Å². The van der Waals surface area contributed by atoms with Crippen LogP contribution in [0.1, 0.15) is 33.1 Å². The summed E-state index contributed by atoms with van der Waals surface area (Å²) in [4.78, 5) is 2.52. The quantitative estimate of drug-likeness (QED) is 0.606. The van der Waals surface area contributed by atoms with Crippen LogP contribution in [0, 0.1) is 11.8 Å². The molecule has 1 heterocycles. The second-order valence-corrected chi connectivity index (χ2v) is 5.08. The van der Waals surface area contributed by atoms with Gasteiger partial charge in [-0.1, -0.05) is 0 Å². The van der Waals surface area contributed by atoms with E-state index in [2.05, 4.69) is 18.7 Å². The summed E-state index contributed by atoms with van der Waals surface area (Å²) >= 11 is 0. The molecule has 0 aromatic carbocycles. The zero-order chi connectivity index (χ0) is 9.42. The summed E-state index contributed by atoms with van der Waals surface area (Å²) in [5.74, 6) is 1.29. The molecule has 2 fully saturated rings. The van der Waals surface area contributed by atoms with Gasteiger partial charge in [-0.3, -0.25) is 0 Å².